The molecule has 1 aliphatic heterocycles. The third kappa shape index (κ3) is 8.41. The lowest BCUT2D eigenvalue weighted by Gasteiger charge is -2.26. The number of guanidine groups is 1. The van der Waals surface area contributed by atoms with Crippen molar-refractivity contribution >= 4 is 41.5 Å². The van der Waals surface area contributed by atoms with Crippen molar-refractivity contribution in [3.05, 3.63) is 29.8 Å². The van der Waals surface area contributed by atoms with Gasteiger partial charge in [0.25, 0.3) is 0 Å². The summed E-state index contributed by atoms with van der Waals surface area (Å²) in [7, 11) is 1.80. The van der Waals surface area contributed by atoms with Crippen LogP contribution in [0.5, 0.6) is 0 Å². The first-order valence-corrected chi connectivity index (χ1v) is 11.3. The van der Waals surface area contributed by atoms with Crippen molar-refractivity contribution < 1.29 is 4.79 Å². The molecule has 0 atom stereocenters. The van der Waals surface area contributed by atoms with Crippen molar-refractivity contribution in [1.29, 1.82) is 0 Å². The lowest BCUT2D eigenvalue weighted by molar-refractivity contribution is -0.120. The zero-order valence-corrected chi connectivity index (χ0v) is 20.6. The monoisotopic (exact) mass is 527 g/mol. The summed E-state index contributed by atoms with van der Waals surface area (Å²) in [4.78, 5) is 19.3. The fourth-order valence-electron chi connectivity index (χ4n) is 4.29. The Bertz CT molecular complexity index is 669. The van der Waals surface area contributed by atoms with E-state index in [1.807, 2.05) is 12.1 Å². The highest BCUT2D eigenvalue weighted by atomic mass is 127. The predicted octanol–water partition coefficient (Wildman–Crippen LogP) is 3.97. The highest BCUT2D eigenvalue weighted by molar-refractivity contribution is 14.0. The van der Waals surface area contributed by atoms with Gasteiger partial charge in [0, 0.05) is 38.3 Å². The van der Waals surface area contributed by atoms with Crippen LogP contribution >= 0.6 is 24.0 Å². The van der Waals surface area contributed by atoms with Gasteiger partial charge in [0.2, 0.25) is 5.91 Å². The van der Waals surface area contributed by atoms with Crippen molar-refractivity contribution in [1.82, 2.24) is 15.5 Å². The predicted molar refractivity (Wildman–Crippen MR) is 136 cm³/mol. The Morgan fingerprint density at radius 2 is 1.80 bits per heavy atom. The maximum Gasteiger partial charge on any atom is 0.227 e. The number of hydrogen-bond donors (Lipinski definition) is 3. The number of likely N-dealkylation sites (tertiary alicyclic amines) is 1. The van der Waals surface area contributed by atoms with Gasteiger partial charge in [0.05, 0.1) is 0 Å². The molecule has 1 aliphatic carbocycles. The molecule has 0 spiro atoms. The molecule has 2 fully saturated rings. The molecule has 0 aromatic heterocycles. The minimum Gasteiger partial charge on any atom is -0.355 e. The molecule has 1 saturated carbocycles. The molecule has 2 aliphatic rings. The number of halogens is 1. The van der Waals surface area contributed by atoms with Crippen molar-refractivity contribution in [3.63, 3.8) is 0 Å². The zero-order valence-electron chi connectivity index (χ0n) is 18.3. The van der Waals surface area contributed by atoms with Crippen LogP contribution in [-0.2, 0) is 11.3 Å². The molecule has 168 valence electrons. The van der Waals surface area contributed by atoms with Gasteiger partial charge in [0.15, 0.2) is 5.96 Å². The summed E-state index contributed by atoms with van der Waals surface area (Å²) >= 11 is 0. The van der Waals surface area contributed by atoms with Crippen LogP contribution in [0.15, 0.2) is 29.3 Å². The molecule has 3 rings (SSSR count). The normalized spacial score (nSPS) is 18.4. The van der Waals surface area contributed by atoms with E-state index < -0.39 is 0 Å². The van der Waals surface area contributed by atoms with Gasteiger partial charge in [-0.1, -0.05) is 37.8 Å². The number of rotatable bonds is 7. The van der Waals surface area contributed by atoms with Gasteiger partial charge < -0.3 is 20.9 Å². The number of carbonyl (C=O) groups excluding carboxylic acids is 1. The number of anilines is 1. The minimum atomic E-state index is 0. The second-order valence-electron chi connectivity index (χ2n) is 8.28. The standard InChI is InChI=1S/C23H37N5O.HI/c1-24-23(25-13-16-28-14-6-3-7-15-28)26-18-19-9-8-12-21(17-19)27-22(29)20-10-4-2-5-11-20;/h8-9,12,17,20H,2-7,10-11,13-16,18H2,1H3,(H,27,29)(H2,24,25,26);1H. The van der Waals surface area contributed by atoms with E-state index in [4.69, 9.17) is 0 Å². The van der Waals surface area contributed by atoms with E-state index in [-0.39, 0.29) is 35.8 Å². The van der Waals surface area contributed by atoms with Gasteiger partial charge in [-0.15, -0.1) is 24.0 Å². The summed E-state index contributed by atoms with van der Waals surface area (Å²) in [6.07, 6.45) is 9.66. The molecule has 1 aromatic rings. The molecule has 1 heterocycles. The SMILES string of the molecule is CN=C(NCCN1CCCCC1)NCc1cccc(NC(=O)C2CCCCC2)c1.I. The molecule has 7 heteroatoms. The van der Waals surface area contributed by atoms with Gasteiger partial charge in [-0.2, -0.15) is 0 Å². The van der Waals surface area contributed by atoms with E-state index in [9.17, 15) is 4.79 Å². The topological polar surface area (TPSA) is 68.8 Å². The van der Waals surface area contributed by atoms with Gasteiger partial charge in [0.1, 0.15) is 0 Å². The van der Waals surface area contributed by atoms with Crippen molar-refractivity contribution in [2.75, 3.05) is 38.5 Å². The molecular formula is C23H38IN5O. The first-order chi connectivity index (χ1) is 14.2. The Labute approximate surface area is 198 Å². The summed E-state index contributed by atoms with van der Waals surface area (Å²) in [6.45, 7) is 5.07. The summed E-state index contributed by atoms with van der Waals surface area (Å²) in [6, 6.07) is 8.09. The van der Waals surface area contributed by atoms with Crippen LogP contribution in [0.3, 0.4) is 0 Å². The third-order valence-electron chi connectivity index (χ3n) is 6.02. The van der Waals surface area contributed by atoms with E-state index >= 15 is 0 Å². The maximum atomic E-state index is 12.5. The van der Waals surface area contributed by atoms with Gasteiger partial charge >= 0.3 is 0 Å². The van der Waals surface area contributed by atoms with Crippen LogP contribution < -0.4 is 16.0 Å². The second-order valence-corrected chi connectivity index (χ2v) is 8.28. The summed E-state index contributed by atoms with van der Waals surface area (Å²) in [5.74, 6) is 1.16. The highest BCUT2D eigenvalue weighted by Gasteiger charge is 2.21. The quantitative estimate of drug-likeness (QED) is 0.285. The molecule has 6 nitrogen and oxygen atoms in total. The molecule has 0 unspecified atom stereocenters. The Morgan fingerprint density at radius 1 is 1.07 bits per heavy atom. The van der Waals surface area contributed by atoms with Crippen molar-refractivity contribution in [2.24, 2.45) is 10.9 Å². The van der Waals surface area contributed by atoms with E-state index in [2.05, 4.69) is 38.0 Å². The molecule has 0 radical (unpaired) electrons. The maximum absolute atomic E-state index is 12.5. The average Bonchev–Trinajstić information content (AvgIpc) is 2.77. The van der Waals surface area contributed by atoms with Crippen molar-refractivity contribution in [3.8, 4) is 0 Å². The van der Waals surface area contributed by atoms with Gasteiger partial charge in [-0.25, -0.2) is 0 Å². The molecule has 30 heavy (non-hydrogen) atoms. The zero-order chi connectivity index (χ0) is 20.3. The van der Waals surface area contributed by atoms with Crippen molar-refractivity contribution in [2.45, 2.75) is 57.9 Å². The first-order valence-electron chi connectivity index (χ1n) is 11.3. The van der Waals surface area contributed by atoms with E-state index in [0.717, 1.165) is 43.1 Å². The largest absolute Gasteiger partial charge is 0.355 e. The number of hydrogen-bond acceptors (Lipinski definition) is 3. The number of benzene rings is 1. The van der Waals surface area contributed by atoms with Crippen LogP contribution in [0.1, 0.15) is 56.9 Å². The third-order valence-corrected chi connectivity index (χ3v) is 6.02. The van der Waals surface area contributed by atoms with Crippen LogP contribution in [-0.4, -0.2) is 50.0 Å². The van der Waals surface area contributed by atoms with E-state index in [1.165, 1.54) is 51.6 Å². The average molecular weight is 527 g/mol. The minimum absolute atomic E-state index is 0. The number of nitrogens with zero attached hydrogens (tertiary/aromatic N) is 2. The number of carbonyl (C=O) groups is 1. The summed E-state index contributed by atoms with van der Waals surface area (Å²) in [5.41, 5.74) is 2.01. The number of piperidine rings is 1. The smallest absolute Gasteiger partial charge is 0.227 e. The molecule has 1 aromatic carbocycles. The molecule has 3 N–H and O–H groups in total. The molecule has 0 bridgehead atoms. The molecule has 1 amide bonds. The van der Waals surface area contributed by atoms with E-state index in [1.54, 1.807) is 7.05 Å². The second kappa shape index (κ2) is 13.9. The number of amides is 1. The summed E-state index contributed by atoms with van der Waals surface area (Å²) < 4.78 is 0. The molecular weight excluding hydrogens is 489 g/mol. The van der Waals surface area contributed by atoms with E-state index in [0.29, 0.717) is 6.54 Å². The Balaban J connectivity index is 0.00000320. The fraction of sp³-hybridized carbons (Fsp3) is 0.652. The summed E-state index contributed by atoms with van der Waals surface area (Å²) in [5, 5.41) is 9.89. The molecule has 1 saturated heterocycles. The van der Waals surface area contributed by atoms with Crippen LogP contribution in [0.4, 0.5) is 5.69 Å². The fourth-order valence-corrected chi connectivity index (χ4v) is 4.29. The Hall–Kier alpha value is -1.35. The van der Waals surface area contributed by atoms with Gasteiger partial charge in [-0.05, 0) is 56.5 Å². The van der Waals surface area contributed by atoms with Crippen LogP contribution in [0.2, 0.25) is 0 Å². The number of nitrogens with one attached hydrogen (secondary N) is 3. The van der Waals surface area contributed by atoms with Crippen LogP contribution in [0, 0.1) is 5.92 Å². The van der Waals surface area contributed by atoms with Crippen LogP contribution in [0.25, 0.3) is 0 Å². The Kier molecular flexibility index (Phi) is 11.5. The lowest BCUT2D eigenvalue weighted by atomic mass is 9.88. The van der Waals surface area contributed by atoms with Gasteiger partial charge in [-0.3, -0.25) is 9.79 Å². The lowest BCUT2D eigenvalue weighted by Crippen LogP contribution is -2.42. The Morgan fingerprint density at radius 3 is 2.53 bits per heavy atom. The number of aliphatic imine (C=N–C) groups is 1. The first kappa shape index (κ1) is 24.9. The highest BCUT2D eigenvalue weighted by Crippen LogP contribution is 2.25.